The van der Waals surface area contributed by atoms with Crippen LogP contribution in [0.15, 0.2) is 22.7 Å². The summed E-state index contributed by atoms with van der Waals surface area (Å²) < 4.78 is 3.24. The van der Waals surface area contributed by atoms with Crippen LogP contribution < -0.4 is 5.73 Å². The van der Waals surface area contributed by atoms with Gasteiger partial charge in [0.05, 0.1) is 11.0 Å². The molecule has 0 radical (unpaired) electrons. The maximum atomic E-state index is 6.05. The van der Waals surface area contributed by atoms with E-state index in [9.17, 15) is 0 Å². The highest BCUT2D eigenvalue weighted by atomic mass is 79.9. The zero-order valence-corrected chi connectivity index (χ0v) is 11.9. The van der Waals surface area contributed by atoms with Gasteiger partial charge in [-0.2, -0.15) is 0 Å². The van der Waals surface area contributed by atoms with Gasteiger partial charge in [0, 0.05) is 10.5 Å². The van der Waals surface area contributed by atoms with E-state index in [0.717, 1.165) is 34.8 Å². The van der Waals surface area contributed by atoms with Gasteiger partial charge in [0.1, 0.15) is 0 Å². The Morgan fingerprint density at radius 3 is 2.82 bits per heavy atom. The minimum atomic E-state index is 0.444. The monoisotopic (exact) mass is 295 g/mol. The molecule has 0 saturated heterocycles. The third-order valence-corrected chi connectivity index (χ3v) is 3.63. The molecule has 4 heteroatoms. The van der Waals surface area contributed by atoms with Gasteiger partial charge < -0.3 is 10.3 Å². The molecule has 2 rings (SSSR count). The van der Waals surface area contributed by atoms with E-state index >= 15 is 0 Å². The molecular formula is C13H18BrN3. The number of nitrogens with zero attached hydrogens (tertiary/aromatic N) is 2. The van der Waals surface area contributed by atoms with Crippen molar-refractivity contribution >= 4 is 32.9 Å². The van der Waals surface area contributed by atoms with E-state index in [4.69, 9.17) is 5.73 Å². The highest BCUT2D eigenvalue weighted by molar-refractivity contribution is 9.10. The van der Waals surface area contributed by atoms with Gasteiger partial charge in [0.25, 0.3) is 0 Å². The average Bonchev–Trinajstić information content (AvgIpc) is 2.62. The molecule has 0 aliphatic heterocycles. The predicted molar refractivity (Wildman–Crippen MR) is 76.1 cm³/mol. The molecule has 92 valence electrons. The van der Waals surface area contributed by atoms with E-state index in [1.165, 1.54) is 0 Å². The average molecular weight is 296 g/mol. The maximum absolute atomic E-state index is 6.05. The highest BCUT2D eigenvalue weighted by Crippen LogP contribution is 2.29. The first-order chi connectivity index (χ1) is 8.17. The van der Waals surface area contributed by atoms with Crippen molar-refractivity contribution in [2.75, 3.05) is 5.73 Å². The molecule has 1 aromatic heterocycles. The smallest absolute Gasteiger partial charge is 0.201 e. The summed E-state index contributed by atoms with van der Waals surface area (Å²) in [7, 11) is 0. The summed E-state index contributed by atoms with van der Waals surface area (Å²) in [6, 6.07) is 6.54. The van der Waals surface area contributed by atoms with Crippen LogP contribution in [0.4, 0.5) is 5.95 Å². The van der Waals surface area contributed by atoms with Crippen LogP contribution in [0.2, 0.25) is 0 Å². The summed E-state index contributed by atoms with van der Waals surface area (Å²) in [5, 5.41) is 0. The van der Waals surface area contributed by atoms with Gasteiger partial charge in [-0.05, 0) is 31.0 Å². The molecule has 2 aromatic rings. The van der Waals surface area contributed by atoms with E-state index in [2.05, 4.69) is 45.4 Å². The zero-order chi connectivity index (χ0) is 12.4. The number of fused-ring (bicyclic) bond motifs is 1. The molecule has 0 aliphatic rings. The lowest BCUT2D eigenvalue weighted by Gasteiger charge is -2.18. The summed E-state index contributed by atoms with van der Waals surface area (Å²) in [6.45, 7) is 4.40. The SMILES string of the molecule is CCCC(CC)n1c(N)nc2ccc(Br)cc21. The molecule has 0 aliphatic carbocycles. The standard InChI is InChI=1S/C13H18BrN3/c1-3-5-10(4-2)17-12-8-9(14)6-7-11(12)16-13(17)15/h6-8,10H,3-5H2,1-2H3,(H2,15,16). The fraction of sp³-hybridized carbons (Fsp3) is 0.462. The van der Waals surface area contributed by atoms with Crippen molar-refractivity contribution in [1.29, 1.82) is 0 Å². The van der Waals surface area contributed by atoms with Crippen LogP contribution >= 0.6 is 15.9 Å². The minimum Gasteiger partial charge on any atom is -0.369 e. The fourth-order valence-electron chi connectivity index (χ4n) is 2.32. The number of nitrogens with two attached hydrogens (primary N) is 1. The molecule has 0 saturated carbocycles. The number of hydrogen-bond acceptors (Lipinski definition) is 2. The highest BCUT2D eigenvalue weighted by Gasteiger charge is 2.15. The van der Waals surface area contributed by atoms with Crippen molar-refractivity contribution in [2.24, 2.45) is 0 Å². The molecule has 17 heavy (non-hydrogen) atoms. The van der Waals surface area contributed by atoms with Gasteiger partial charge in [-0.3, -0.25) is 0 Å². The lowest BCUT2D eigenvalue weighted by Crippen LogP contribution is -2.11. The Bertz CT molecular complexity index is 519. The van der Waals surface area contributed by atoms with Crippen LogP contribution in [0.1, 0.15) is 39.2 Å². The Morgan fingerprint density at radius 1 is 1.41 bits per heavy atom. The van der Waals surface area contributed by atoms with E-state index < -0.39 is 0 Å². The molecule has 0 fully saturated rings. The van der Waals surface area contributed by atoms with E-state index in [0.29, 0.717) is 12.0 Å². The van der Waals surface area contributed by atoms with E-state index in [-0.39, 0.29) is 0 Å². The van der Waals surface area contributed by atoms with Crippen LogP contribution in [0.3, 0.4) is 0 Å². The number of benzene rings is 1. The van der Waals surface area contributed by atoms with Crippen molar-refractivity contribution < 1.29 is 0 Å². The first kappa shape index (κ1) is 12.4. The lowest BCUT2D eigenvalue weighted by atomic mass is 10.1. The van der Waals surface area contributed by atoms with E-state index in [1.54, 1.807) is 0 Å². The Kier molecular flexibility index (Phi) is 3.72. The third-order valence-electron chi connectivity index (χ3n) is 3.14. The van der Waals surface area contributed by atoms with Gasteiger partial charge in [0.15, 0.2) is 0 Å². The van der Waals surface area contributed by atoms with Gasteiger partial charge in [-0.25, -0.2) is 4.98 Å². The van der Waals surface area contributed by atoms with Crippen molar-refractivity contribution in [3.63, 3.8) is 0 Å². The van der Waals surface area contributed by atoms with Crippen molar-refractivity contribution in [1.82, 2.24) is 9.55 Å². The Morgan fingerprint density at radius 2 is 2.18 bits per heavy atom. The molecule has 0 spiro atoms. The quantitative estimate of drug-likeness (QED) is 0.921. The lowest BCUT2D eigenvalue weighted by molar-refractivity contribution is 0.463. The summed E-state index contributed by atoms with van der Waals surface area (Å²) in [5.41, 5.74) is 8.14. The van der Waals surface area contributed by atoms with Crippen LogP contribution in [0.5, 0.6) is 0 Å². The van der Waals surface area contributed by atoms with Gasteiger partial charge in [0.2, 0.25) is 5.95 Å². The van der Waals surface area contributed by atoms with Crippen molar-refractivity contribution in [3.05, 3.63) is 22.7 Å². The molecule has 0 amide bonds. The third kappa shape index (κ3) is 2.32. The zero-order valence-electron chi connectivity index (χ0n) is 10.3. The molecule has 1 atom stereocenters. The van der Waals surface area contributed by atoms with Crippen LogP contribution in [0.25, 0.3) is 11.0 Å². The second-order valence-corrected chi connectivity index (χ2v) is 5.24. The molecule has 0 bridgehead atoms. The number of halogens is 1. The molecule has 1 unspecified atom stereocenters. The first-order valence-electron chi connectivity index (χ1n) is 6.10. The van der Waals surface area contributed by atoms with Crippen molar-refractivity contribution in [2.45, 2.75) is 39.2 Å². The number of aromatic nitrogens is 2. The van der Waals surface area contributed by atoms with E-state index in [1.807, 2.05) is 12.1 Å². The summed E-state index contributed by atoms with van der Waals surface area (Å²) in [4.78, 5) is 4.43. The second kappa shape index (κ2) is 5.08. The molecule has 2 N–H and O–H groups in total. The number of nitrogen functional groups attached to an aromatic ring is 1. The Balaban J connectivity index is 2.57. The summed E-state index contributed by atoms with van der Waals surface area (Å²) in [6.07, 6.45) is 3.38. The number of rotatable bonds is 4. The predicted octanol–water partition coefficient (Wildman–Crippen LogP) is 4.13. The first-order valence-corrected chi connectivity index (χ1v) is 6.89. The van der Waals surface area contributed by atoms with Gasteiger partial charge >= 0.3 is 0 Å². The summed E-state index contributed by atoms with van der Waals surface area (Å²) in [5.74, 6) is 0.624. The maximum Gasteiger partial charge on any atom is 0.201 e. The molecule has 3 nitrogen and oxygen atoms in total. The van der Waals surface area contributed by atoms with Crippen LogP contribution in [-0.2, 0) is 0 Å². The molecule has 1 heterocycles. The largest absolute Gasteiger partial charge is 0.369 e. The minimum absolute atomic E-state index is 0.444. The van der Waals surface area contributed by atoms with Crippen LogP contribution in [0, 0.1) is 0 Å². The van der Waals surface area contributed by atoms with Gasteiger partial charge in [-0.15, -0.1) is 0 Å². The Labute approximate surface area is 110 Å². The van der Waals surface area contributed by atoms with Crippen LogP contribution in [-0.4, -0.2) is 9.55 Å². The Hall–Kier alpha value is -1.03. The second-order valence-electron chi connectivity index (χ2n) is 4.32. The van der Waals surface area contributed by atoms with Gasteiger partial charge in [-0.1, -0.05) is 36.2 Å². The fourth-order valence-corrected chi connectivity index (χ4v) is 2.67. The van der Waals surface area contributed by atoms with Crippen molar-refractivity contribution in [3.8, 4) is 0 Å². The number of hydrogen-bond donors (Lipinski definition) is 1. The normalized spacial score (nSPS) is 13.1. The molecule has 1 aromatic carbocycles. The number of anilines is 1. The molecular weight excluding hydrogens is 278 g/mol. The number of imidazole rings is 1. The summed E-state index contributed by atoms with van der Waals surface area (Å²) >= 11 is 3.50. The topological polar surface area (TPSA) is 43.8 Å².